The highest BCUT2D eigenvalue weighted by Gasteiger charge is 2.40. The van der Waals surface area contributed by atoms with Gasteiger partial charge in [-0.05, 0) is 19.3 Å². The van der Waals surface area contributed by atoms with Crippen LogP contribution in [0.4, 0.5) is 0 Å². The van der Waals surface area contributed by atoms with Crippen molar-refractivity contribution in [2.45, 2.75) is 38.1 Å². The van der Waals surface area contributed by atoms with E-state index in [1.807, 2.05) is 0 Å². The number of rotatable bonds is 4. The molecule has 6 nitrogen and oxygen atoms in total. The molecule has 0 aliphatic carbocycles. The molecule has 0 N–H and O–H groups in total. The molecule has 8 heteroatoms. The maximum atomic E-state index is 12.8. The van der Waals surface area contributed by atoms with Gasteiger partial charge < -0.3 is 0 Å². The van der Waals surface area contributed by atoms with E-state index in [4.69, 9.17) is 6.42 Å². The molecule has 0 radical (unpaired) electrons. The summed E-state index contributed by atoms with van der Waals surface area (Å²) in [6, 6.07) is -0.528. The predicted molar refractivity (Wildman–Crippen MR) is 81.6 cm³/mol. The standard InChI is InChI=1S/C13H22N2O4S2/c1-2-8-15(13-7-11-20(16,17)12-13)21(18,19)14-9-5-3-4-6-10-14/h1,13H,3-12H2. The molecule has 0 bridgehead atoms. The van der Waals surface area contributed by atoms with Gasteiger partial charge in [-0.1, -0.05) is 18.8 Å². The fourth-order valence-corrected chi connectivity index (χ4v) is 6.55. The van der Waals surface area contributed by atoms with Crippen molar-refractivity contribution < 1.29 is 16.8 Å². The number of terminal acetylenes is 1. The highest BCUT2D eigenvalue weighted by Crippen LogP contribution is 2.24. The highest BCUT2D eigenvalue weighted by molar-refractivity contribution is 7.91. The molecule has 2 fully saturated rings. The second kappa shape index (κ2) is 6.65. The minimum absolute atomic E-state index is 0.0360. The average molecular weight is 334 g/mol. The first-order valence-corrected chi connectivity index (χ1v) is 10.5. The van der Waals surface area contributed by atoms with E-state index >= 15 is 0 Å². The molecule has 0 aromatic carbocycles. The number of sulfone groups is 1. The molecule has 0 aromatic heterocycles. The molecular weight excluding hydrogens is 312 g/mol. The number of hydrogen-bond acceptors (Lipinski definition) is 4. The van der Waals surface area contributed by atoms with Crippen LogP contribution in [0.15, 0.2) is 0 Å². The van der Waals surface area contributed by atoms with Crippen LogP contribution in [0.3, 0.4) is 0 Å². The number of nitrogens with zero attached hydrogens (tertiary/aromatic N) is 2. The van der Waals surface area contributed by atoms with Gasteiger partial charge in [0, 0.05) is 19.1 Å². The maximum Gasteiger partial charge on any atom is 0.283 e. The maximum absolute atomic E-state index is 12.8. The summed E-state index contributed by atoms with van der Waals surface area (Å²) in [5.74, 6) is 2.27. The molecule has 2 aliphatic heterocycles. The largest absolute Gasteiger partial charge is 0.283 e. The Balaban J connectivity index is 2.22. The Hall–Kier alpha value is -0.620. The van der Waals surface area contributed by atoms with Crippen LogP contribution in [0.2, 0.25) is 0 Å². The van der Waals surface area contributed by atoms with Gasteiger partial charge in [-0.3, -0.25) is 0 Å². The Morgan fingerprint density at radius 2 is 1.81 bits per heavy atom. The molecule has 0 spiro atoms. The highest BCUT2D eigenvalue weighted by atomic mass is 32.2. The van der Waals surface area contributed by atoms with Gasteiger partial charge in [-0.25, -0.2) is 8.42 Å². The minimum Gasteiger partial charge on any atom is -0.229 e. The van der Waals surface area contributed by atoms with Crippen molar-refractivity contribution in [3.8, 4) is 12.3 Å². The Labute approximate surface area is 127 Å². The fraction of sp³-hybridized carbons (Fsp3) is 0.846. The van der Waals surface area contributed by atoms with E-state index in [0.717, 1.165) is 25.7 Å². The summed E-state index contributed by atoms with van der Waals surface area (Å²) >= 11 is 0. The molecule has 120 valence electrons. The molecule has 0 amide bonds. The second-order valence-corrected chi connectivity index (χ2v) is 9.74. The van der Waals surface area contributed by atoms with Crippen LogP contribution in [0.25, 0.3) is 0 Å². The molecule has 21 heavy (non-hydrogen) atoms. The van der Waals surface area contributed by atoms with Crippen LogP contribution in [0, 0.1) is 12.3 Å². The normalized spacial score (nSPS) is 27.3. The van der Waals surface area contributed by atoms with Gasteiger partial charge in [-0.2, -0.15) is 17.0 Å². The SMILES string of the molecule is C#CCN(C1CCS(=O)(=O)C1)S(=O)(=O)N1CCCCCC1. The van der Waals surface area contributed by atoms with E-state index in [-0.39, 0.29) is 18.1 Å². The topological polar surface area (TPSA) is 74.8 Å². The van der Waals surface area contributed by atoms with E-state index in [2.05, 4.69) is 5.92 Å². The zero-order valence-electron chi connectivity index (χ0n) is 12.1. The lowest BCUT2D eigenvalue weighted by molar-refractivity contribution is 0.317. The molecule has 2 aliphatic rings. The van der Waals surface area contributed by atoms with Gasteiger partial charge in [0.2, 0.25) is 0 Å². The summed E-state index contributed by atoms with van der Waals surface area (Å²) in [7, 11) is -6.83. The Kier molecular flexibility index (Phi) is 5.30. The lowest BCUT2D eigenvalue weighted by Crippen LogP contribution is -2.49. The summed E-state index contributed by atoms with van der Waals surface area (Å²) in [4.78, 5) is 0. The van der Waals surface area contributed by atoms with E-state index in [9.17, 15) is 16.8 Å². The van der Waals surface area contributed by atoms with Gasteiger partial charge in [0.05, 0.1) is 18.1 Å². The van der Waals surface area contributed by atoms with Crippen molar-refractivity contribution in [3.63, 3.8) is 0 Å². The smallest absolute Gasteiger partial charge is 0.229 e. The Morgan fingerprint density at radius 3 is 2.29 bits per heavy atom. The van der Waals surface area contributed by atoms with E-state index in [0.29, 0.717) is 19.5 Å². The summed E-state index contributed by atoms with van der Waals surface area (Å²) in [6.45, 7) is 0.908. The van der Waals surface area contributed by atoms with Crippen LogP contribution in [-0.2, 0) is 20.0 Å². The molecule has 2 rings (SSSR count). The van der Waals surface area contributed by atoms with Gasteiger partial charge in [0.15, 0.2) is 9.84 Å². The predicted octanol–water partition coefficient (Wildman–Crippen LogP) is 0.230. The summed E-state index contributed by atoms with van der Waals surface area (Å²) < 4.78 is 51.5. The van der Waals surface area contributed by atoms with Crippen LogP contribution in [0.1, 0.15) is 32.1 Å². The average Bonchev–Trinajstić information content (AvgIpc) is 2.65. The van der Waals surface area contributed by atoms with Crippen LogP contribution < -0.4 is 0 Å². The molecule has 2 saturated heterocycles. The Bertz CT molecular complexity index is 599. The quantitative estimate of drug-likeness (QED) is 0.690. The van der Waals surface area contributed by atoms with Gasteiger partial charge in [0.25, 0.3) is 10.2 Å². The molecule has 1 atom stereocenters. The molecule has 1 unspecified atom stereocenters. The van der Waals surface area contributed by atoms with Gasteiger partial charge in [0.1, 0.15) is 0 Å². The first-order valence-electron chi connectivity index (χ1n) is 7.27. The van der Waals surface area contributed by atoms with E-state index in [1.165, 1.54) is 8.61 Å². The van der Waals surface area contributed by atoms with Crippen molar-refractivity contribution in [1.82, 2.24) is 8.61 Å². The van der Waals surface area contributed by atoms with Crippen molar-refractivity contribution >= 4 is 20.0 Å². The second-order valence-electron chi connectivity index (χ2n) is 5.63. The van der Waals surface area contributed by atoms with E-state index in [1.54, 1.807) is 0 Å². The first kappa shape index (κ1) is 16.7. The summed E-state index contributed by atoms with van der Waals surface area (Å²) in [5.41, 5.74) is 0. The molecule has 0 aromatic rings. The summed E-state index contributed by atoms with van der Waals surface area (Å²) in [6.07, 6.45) is 9.36. The molecular formula is C13H22N2O4S2. The van der Waals surface area contributed by atoms with Crippen molar-refractivity contribution in [1.29, 1.82) is 0 Å². The van der Waals surface area contributed by atoms with Crippen molar-refractivity contribution in [2.24, 2.45) is 0 Å². The third-order valence-electron chi connectivity index (χ3n) is 4.05. The zero-order valence-corrected chi connectivity index (χ0v) is 13.7. The van der Waals surface area contributed by atoms with E-state index < -0.39 is 26.1 Å². The van der Waals surface area contributed by atoms with Crippen LogP contribution in [-0.4, -0.2) is 62.6 Å². The fourth-order valence-electron chi connectivity index (χ4n) is 2.91. The van der Waals surface area contributed by atoms with Crippen LogP contribution >= 0.6 is 0 Å². The monoisotopic (exact) mass is 334 g/mol. The lowest BCUT2D eigenvalue weighted by atomic mass is 10.2. The van der Waals surface area contributed by atoms with Crippen LogP contribution in [0.5, 0.6) is 0 Å². The first-order chi connectivity index (χ1) is 9.87. The third-order valence-corrected chi connectivity index (χ3v) is 7.84. The number of hydrogen-bond donors (Lipinski definition) is 0. The van der Waals surface area contributed by atoms with Crippen molar-refractivity contribution in [2.75, 3.05) is 31.1 Å². The molecule has 2 heterocycles. The minimum atomic E-state index is -3.68. The molecule has 0 saturated carbocycles. The lowest BCUT2D eigenvalue weighted by Gasteiger charge is -2.31. The Morgan fingerprint density at radius 1 is 1.19 bits per heavy atom. The third kappa shape index (κ3) is 3.97. The summed E-state index contributed by atoms with van der Waals surface area (Å²) in [5, 5.41) is 0. The van der Waals surface area contributed by atoms with Gasteiger partial charge in [-0.15, -0.1) is 6.42 Å². The van der Waals surface area contributed by atoms with Gasteiger partial charge >= 0.3 is 0 Å². The van der Waals surface area contributed by atoms with Crippen molar-refractivity contribution in [3.05, 3.63) is 0 Å². The zero-order chi connectivity index (χ0) is 15.5.